The minimum Gasteiger partial charge on any atom is -0.461 e. The summed E-state index contributed by atoms with van der Waals surface area (Å²) in [4.78, 5) is 12.1. The number of nitrogens with one attached hydrogen (secondary N) is 1. The van der Waals surface area contributed by atoms with Gasteiger partial charge in [0.25, 0.3) is 0 Å². The number of hydrogen-bond acceptors (Lipinski definition) is 5. The summed E-state index contributed by atoms with van der Waals surface area (Å²) in [6.45, 7) is 2.59. The van der Waals surface area contributed by atoms with E-state index in [9.17, 15) is 9.18 Å². The van der Waals surface area contributed by atoms with E-state index in [1.54, 1.807) is 24.5 Å². The lowest BCUT2D eigenvalue weighted by Gasteiger charge is -2.07. The highest BCUT2D eigenvalue weighted by Crippen LogP contribution is 2.25. The van der Waals surface area contributed by atoms with Crippen LogP contribution in [0.4, 0.5) is 10.1 Å². The Morgan fingerprint density at radius 3 is 2.92 bits per heavy atom. The molecule has 1 aromatic carbocycles. The van der Waals surface area contributed by atoms with Gasteiger partial charge in [-0.3, -0.25) is 9.36 Å². The van der Waals surface area contributed by atoms with Crippen LogP contribution in [0.15, 0.2) is 50.6 Å². The van der Waals surface area contributed by atoms with Crippen molar-refractivity contribution in [3.63, 3.8) is 0 Å². The number of amides is 1. The highest BCUT2D eigenvalue weighted by molar-refractivity contribution is 9.10. The van der Waals surface area contributed by atoms with Crippen molar-refractivity contribution in [2.75, 3.05) is 11.1 Å². The van der Waals surface area contributed by atoms with Crippen LogP contribution >= 0.6 is 27.7 Å². The first-order valence-corrected chi connectivity index (χ1v) is 9.21. The summed E-state index contributed by atoms with van der Waals surface area (Å²) in [5.41, 5.74) is 0.141. The average molecular weight is 425 g/mol. The number of hydrogen-bond donors (Lipinski definition) is 1. The van der Waals surface area contributed by atoms with Crippen molar-refractivity contribution in [1.82, 2.24) is 14.8 Å². The molecule has 0 unspecified atom stereocenters. The molecule has 3 rings (SSSR count). The van der Waals surface area contributed by atoms with E-state index in [-0.39, 0.29) is 17.3 Å². The topological polar surface area (TPSA) is 73.0 Å². The van der Waals surface area contributed by atoms with Gasteiger partial charge >= 0.3 is 0 Å². The molecule has 0 saturated heterocycles. The maximum atomic E-state index is 13.8. The summed E-state index contributed by atoms with van der Waals surface area (Å²) >= 11 is 4.41. The summed E-state index contributed by atoms with van der Waals surface area (Å²) in [7, 11) is 0. The van der Waals surface area contributed by atoms with Crippen LogP contribution in [0.5, 0.6) is 0 Å². The zero-order valence-electron chi connectivity index (χ0n) is 13.2. The van der Waals surface area contributed by atoms with Crippen LogP contribution in [-0.4, -0.2) is 26.4 Å². The maximum absolute atomic E-state index is 13.8. The molecule has 0 aliphatic rings. The molecule has 0 saturated carbocycles. The first-order chi connectivity index (χ1) is 12.1. The lowest BCUT2D eigenvalue weighted by atomic mass is 10.3. The van der Waals surface area contributed by atoms with Crippen molar-refractivity contribution in [3.05, 3.63) is 46.9 Å². The quantitative estimate of drug-likeness (QED) is 0.600. The molecule has 130 valence electrons. The van der Waals surface area contributed by atoms with Gasteiger partial charge in [-0.1, -0.05) is 27.7 Å². The molecule has 0 spiro atoms. The average Bonchev–Trinajstić information content (AvgIpc) is 3.24. The number of aromatic nitrogens is 3. The van der Waals surface area contributed by atoms with Gasteiger partial charge in [-0.05, 0) is 37.3 Å². The van der Waals surface area contributed by atoms with E-state index in [1.165, 1.54) is 23.9 Å². The maximum Gasteiger partial charge on any atom is 0.234 e. The molecule has 0 fully saturated rings. The van der Waals surface area contributed by atoms with Crippen molar-refractivity contribution in [1.29, 1.82) is 0 Å². The number of benzene rings is 1. The van der Waals surface area contributed by atoms with Gasteiger partial charge in [0.15, 0.2) is 16.7 Å². The summed E-state index contributed by atoms with van der Waals surface area (Å²) in [5, 5.41) is 11.4. The van der Waals surface area contributed by atoms with E-state index in [2.05, 4.69) is 31.4 Å². The Balaban J connectivity index is 1.66. The summed E-state index contributed by atoms with van der Waals surface area (Å²) in [5.74, 6) is 0.490. The van der Waals surface area contributed by atoms with Crippen LogP contribution in [0.1, 0.15) is 6.92 Å². The Hall–Kier alpha value is -2.13. The van der Waals surface area contributed by atoms with Gasteiger partial charge in [0, 0.05) is 11.0 Å². The van der Waals surface area contributed by atoms with E-state index in [1.807, 2.05) is 11.5 Å². The molecule has 0 atom stereocenters. The summed E-state index contributed by atoms with van der Waals surface area (Å²) in [6.07, 6.45) is 1.57. The van der Waals surface area contributed by atoms with Gasteiger partial charge in [0.2, 0.25) is 5.91 Å². The predicted molar refractivity (Wildman–Crippen MR) is 96.9 cm³/mol. The fraction of sp³-hybridized carbons (Fsp3) is 0.188. The molecular formula is C16H14BrFN4O2S. The van der Waals surface area contributed by atoms with Crippen LogP contribution < -0.4 is 5.32 Å². The second-order valence-corrected chi connectivity index (χ2v) is 6.85. The van der Waals surface area contributed by atoms with E-state index < -0.39 is 5.82 Å². The molecule has 2 heterocycles. The third-order valence-corrected chi connectivity index (χ3v) is 4.77. The van der Waals surface area contributed by atoms with E-state index in [4.69, 9.17) is 4.42 Å². The number of furan rings is 1. The zero-order valence-corrected chi connectivity index (χ0v) is 15.6. The Kier molecular flexibility index (Phi) is 5.54. The third-order valence-electron chi connectivity index (χ3n) is 3.31. The molecular weight excluding hydrogens is 411 g/mol. The molecule has 2 aromatic heterocycles. The van der Waals surface area contributed by atoms with E-state index in [0.717, 1.165) is 0 Å². The zero-order chi connectivity index (χ0) is 17.8. The highest BCUT2D eigenvalue weighted by Gasteiger charge is 2.16. The Morgan fingerprint density at radius 2 is 2.24 bits per heavy atom. The van der Waals surface area contributed by atoms with Crippen molar-refractivity contribution in [3.8, 4) is 11.6 Å². The smallest absolute Gasteiger partial charge is 0.234 e. The first kappa shape index (κ1) is 17.7. The van der Waals surface area contributed by atoms with Crippen LogP contribution in [0.2, 0.25) is 0 Å². The Labute approximate surface area is 155 Å². The number of nitrogens with zero attached hydrogens (tertiary/aromatic N) is 3. The standard InChI is InChI=1S/C16H14BrFN4O2S/c1-2-22-15(13-4-3-7-24-13)20-21-16(22)25-9-14(23)19-12-6-5-10(17)8-11(12)18/h3-8H,2,9H2,1H3,(H,19,23). The van der Waals surface area contributed by atoms with E-state index >= 15 is 0 Å². The number of carbonyl (C=O) groups excluding carboxylic acids is 1. The largest absolute Gasteiger partial charge is 0.461 e. The molecule has 0 bridgehead atoms. The molecule has 6 nitrogen and oxygen atoms in total. The third kappa shape index (κ3) is 4.10. The number of thioether (sulfide) groups is 1. The minimum atomic E-state index is -0.496. The molecule has 3 aromatic rings. The highest BCUT2D eigenvalue weighted by atomic mass is 79.9. The predicted octanol–water partition coefficient (Wildman–Crippen LogP) is 4.19. The number of carbonyl (C=O) groups is 1. The molecule has 1 amide bonds. The molecule has 1 N–H and O–H groups in total. The van der Waals surface area contributed by atoms with Gasteiger partial charge < -0.3 is 9.73 Å². The fourth-order valence-electron chi connectivity index (χ4n) is 2.18. The van der Waals surface area contributed by atoms with Crippen LogP contribution in [0.25, 0.3) is 11.6 Å². The Bertz CT molecular complexity index is 882. The van der Waals surface area contributed by atoms with Crippen molar-refractivity contribution >= 4 is 39.3 Å². The van der Waals surface area contributed by atoms with Crippen LogP contribution in [0, 0.1) is 5.82 Å². The summed E-state index contributed by atoms with van der Waals surface area (Å²) < 4.78 is 21.6. The number of anilines is 1. The lowest BCUT2D eigenvalue weighted by Crippen LogP contribution is -2.15. The van der Waals surface area contributed by atoms with E-state index in [0.29, 0.717) is 27.8 Å². The number of rotatable bonds is 6. The van der Waals surface area contributed by atoms with Gasteiger partial charge in [-0.2, -0.15) is 0 Å². The van der Waals surface area contributed by atoms with Crippen molar-refractivity contribution < 1.29 is 13.6 Å². The SMILES string of the molecule is CCn1c(SCC(=O)Nc2ccc(Br)cc2F)nnc1-c1ccco1. The lowest BCUT2D eigenvalue weighted by molar-refractivity contribution is -0.113. The Morgan fingerprint density at radius 1 is 1.40 bits per heavy atom. The first-order valence-electron chi connectivity index (χ1n) is 7.43. The van der Waals surface area contributed by atoms with Crippen LogP contribution in [-0.2, 0) is 11.3 Å². The number of halogens is 2. The molecule has 0 aliphatic heterocycles. The summed E-state index contributed by atoms with van der Waals surface area (Å²) in [6, 6.07) is 8.04. The second-order valence-electron chi connectivity index (χ2n) is 4.99. The van der Waals surface area contributed by atoms with Crippen molar-refractivity contribution in [2.24, 2.45) is 0 Å². The van der Waals surface area contributed by atoms with Gasteiger partial charge in [-0.15, -0.1) is 10.2 Å². The van der Waals surface area contributed by atoms with Gasteiger partial charge in [0.1, 0.15) is 5.82 Å². The van der Waals surface area contributed by atoms with Gasteiger partial charge in [0.05, 0.1) is 17.7 Å². The molecule has 9 heteroatoms. The minimum absolute atomic E-state index is 0.0891. The monoisotopic (exact) mass is 424 g/mol. The van der Waals surface area contributed by atoms with Crippen molar-refractivity contribution in [2.45, 2.75) is 18.6 Å². The molecule has 0 aliphatic carbocycles. The normalized spacial score (nSPS) is 10.8. The molecule has 0 radical (unpaired) electrons. The molecule has 25 heavy (non-hydrogen) atoms. The fourth-order valence-corrected chi connectivity index (χ4v) is 3.31. The van der Waals surface area contributed by atoms with Crippen LogP contribution in [0.3, 0.4) is 0 Å². The van der Waals surface area contributed by atoms with Gasteiger partial charge in [-0.25, -0.2) is 4.39 Å². The second kappa shape index (κ2) is 7.83.